The minimum Gasteiger partial charge on any atom is -0.266 e. The van der Waals surface area contributed by atoms with Crippen molar-refractivity contribution in [2.75, 3.05) is 4.90 Å². The van der Waals surface area contributed by atoms with Crippen LogP contribution in [0.1, 0.15) is 23.7 Å². The monoisotopic (exact) mass is 445 g/mol. The standard InChI is InChI=1S/C28H23N5O/c1-20-25(19-29-23-14-8-4-9-15-23)27(33(31-20)24-16-10-5-11-17-24)32-21(2)30-26(28(32)34)18-22-12-6-3-7-13-22/h3-19H,1-2H3/b26-18-,29-19?. The van der Waals surface area contributed by atoms with Crippen molar-refractivity contribution in [3.63, 3.8) is 0 Å². The maximum Gasteiger partial charge on any atom is 0.283 e. The van der Waals surface area contributed by atoms with Crippen LogP contribution < -0.4 is 4.90 Å². The van der Waals surface area contributed by atoms with E-state index >= 15 is 0 Å². The van der Waals surface area contributed by atoms with Crippen molar-refractivity contribution < 1.29 is 4.79 Å². The van der Waals surface area contributed by atoms with Gasteiger partial charge in [0.1, 0.15) is 11.5 Å². The van der Waals surface area contributed by atoms with Gasteiger partial charge in [-0.25, -0.2) is 14.6 Å². The lowest BCUT2D eigenvalue weighted by Crippen LogP contribution is -2.33. The Morgan fingerprint density at radius 3 is 2.12 bits per heavy atom. The third-order valence-electron chi connectivity index (χ3n) is 5.52. The summed E-state index contributed by atoms with van der Waals surface area (Å²) in [5.41, 5.74) is 4.50. The van der Waals surface area contributed by atoms with Gasteiger partial charge in [0.25, 0.3) is 5.91 Å². The van der Waals surface area contributed by atoms with Crippen molar-refractivity contribution in [2.24, 2.45) is 9.98 Å². The lowest BCUT2D eigenvalue weighted by Gasteiger charge is -2.19. The smallest absolute Gasteiger partial charge is 0.266 e. The Bertz CT molecular complexity index is 1420. The summed E-state index contributed by atoms with van der Waals surface area (Å²) in [5, 5.41) is 4.77. The molecule has 6 nitrogen and oxygen atoms in total. The van der Waals surface area contributed by atoms with Gasteiger partial charge in [-0.1, -0.05) is 66.7 Å². The van der Waals surface area contributed by atoms with Crippen LogP contribution in [0.25, 0.3) is 11.8 Å². The van der Waals surface area contributed by atoms with Crippen molar-refractivity contribution in [2.45, 2.75) is 13.8 Å². The molecule has 0 radical (unpaired) electrons. The van der Waals surface area contributed by atoms with Gasteiger partial charge in [0.05, 0.1) is 22.6 Å². The van der Waals surface area contributed by atoms with Crippen LogP contribution in [0.3, 0.4) is 0 Å². The van der Waals surface area contributed by atoms with E-state index in [1.54, 1.807) is 21.9 Å². The number of hydrogen-bond donors (Lipinski definition) is 0. The second-order valence-corrected chi connectivity index (χ2v) is 7.90. The minimum absolute atomic E-state index is 0.201. The molecule has 0 spiro atoms. The molecule has 1 aliphatic rings. The molecule has 0 N–H and O–H groups in total. The van der Waals surface area contributed by atoms with Gasteiger partial charge >= 0.3 is 0 Å². The summed E-state index contributed by atoms with van der Waals surface area (Å²) < 4.78 is 1.78. The molecule has 166 valence electrons. The van der Waals surface area contributed by atoms with E-state index in [0.717, 1.165) is 28.2 Å². The first-order valence-corrected chi connectivity index (χ1v) is 11.0. The Morgan fingerprint density at radius 1 is 0.824 bits per heavy atom. The number of aryl methyl sites for hydroxylation is 1. The zero-order chi connectivity index (χ0) is 23.5. The molecule has 0 atom stereocenters. The number of benzene rings is 3. The highest BCUT2D eigenvalue weighted by Gasteiger charge is 2.34. The molecule has 3 aromatic carbocycles. The molecular formula is C28H23N5O. The summed E-state index contributed by atoms with van der Waals surface area (Å²) in [5.74, 6) is 0.998. The molecule has 4 aromatic rings. The number of carbonyl (C=O) groups excluding carboxylic acids is 1. The third kappa shape index (κ3) is 4.09. The number of aromatic nitrogens is 2. The number of para-hydroxylation sites is 2. The SMILES string of the molecule is CC1=N/C(=C\c2ccccc2)C(=O)N1c1c(C=Nc2ccccc2)c(C)nn1-c1ccccc1. The normalized spacial score (nSPS) is 14.9. The lowest BCUT2D eigenvalue weighted by molar-refractivity contribution is -0.113. The lowest BCUT2D eigenvalue weighted by atomic mass is 10.2. The van der Waals surface area contributed by atoms with Crippen molar-refractivity contribution in [1.29, 1.82) is 0 Å². The predicted octanol–water partition coefficient (Wildman–Crippen LogP) is 5.74. The summed E-state index contributed by atoms with van der Waals surface area (Å²) >= 11 is 0. The molecule has 1 aromatic heterocycles. The molecule has 0 fully saturated rings. The van der Waals surface area contributed by atoms with Gasteiger partial charge in [-0.05, 0) is 49.8 Å². The van der Waals surface area contributed by atoms with E-state index in [1.807, 2.05) is 105 Å². The van der Waals surface area contributed by atoms with Gasteiger partial charge in [-0.3, -0.25) is 9.79 Å². The van der Waals surface area contributed by atoms with Crippen molar-refractivity contribution in [3.05, 3.63) is 114 Å². The molecule has 0 saturated heterocycles. The van der Waals surface area contributed by atoms with Crippen LogP contribution >= 0.6 is 0 Å². The highest BCUT2D eigenvalue weighted by molar-refractivity contribution is 6.29. The maximum atomic E-state index is 13.6. The number of anilines is 1. The fourth-order valence-corrected chi connectivity index (χ4v) is 3.88. The van der Waals surface area contributed by atoms with E-state index in [-0.39, 0.29) is 5.91 Å². The van der Waals surface area contributed by atoms with Gasteiger partial charge < -0.3 is 0 Å². The van der Waals surface area contributed by atoms with E-state index < -0.39 is 0 Å². The summed E-state index contributed by atoms with van der Waals surface area (Å²) in [6.07, 6.45) is 3.57. The summed E-state index contributed by atoms with van der Waals surface area (Å²) in [6.45, 7) is 3.75. The average molecular weight is 446 g/mol. The molecular weight excluding hydrogens is 422 g/mol. The minimum atomic E-state index is -0.201. The second kappa shape index (κ2) is 9.11. The van der Waals surface area contributed by atoms with Crippen molar-refractivity contribution in [1.82, 2.24) is 9.78 Å². The quantitative estimate of drug-likeness (QED) is 0.291. The van der Waals surface area contributed by atoms with E-state index in [9.17, 15) is 4.79 Å². The Morgan fingerprint density at radius 2 is 1.44 bits per heavy atom. The van der Waals surface area contributed by atoms with Crippen molar-refractivity contribution in [3.8, 4) is 5.69 Å². The molecule has 2 heterocycles. The predicted molar refractivity (Wildman–Crippen MR) is 137 cm³/mol. The molecule has 1 amide bonds. The molecule has 0 saturated carbocycles. The number of carbonyl (C=O) groups is 1. The summed E-state index contributed by atoms with van der Waals surface area (Å²) in [4.78, 5) is 24.5. The number of amides is 1. The van der Waals surface area contributed by atoms with Gasteiger partial charge in [-0.2, -0.15) is 5.10 Å². The molecule has 0 bridgehead atoms. The Hall–Kier alpha value is -4.58. The van der Waals surface area contributed by atoms with E-state index in [1.165, 1.54) is 0 Å². The van der Waals surface area contributed by atoms with E-state index in [2.05, 4.69) is 9.98 Å². The van der Waals surface area contributed by atoms with Crippen LogP contribution in [-0.4, -0.2) is 27.7 Å². The molecule has 0 aliphatic carbocycles. The first-order chi connectivity index (χ1) is 16.6. The Balaban J connectivity index is 1.64. The topological polar surface area (TPSA) is 62.9 Å². The highest BCUT2D eigenvalue weighted by Crippen LogP contribution is 2.32. The van der Waals surface area contributed by atoms with Crippen LogP contribution in [0.4, 0.5) is 11.5 Å². The third-order valence-corrected chi connectivity index (χ3v) is 5.52. The van der Waals surface area contributed by atoms with Gasteiger partial charge in [-0.15, -0.1) is 0 Å². The first kappa shape index (κ1) is 21.3. The number of amidine groups is 1. The summed E-state index contributed by atoms with van der Waals surface area (Å²) in [6, 6.07) is 29.2. The van der Waals surface area contributed by atoms with Crippen LogP contribution in [-0.2, 0) is 4.79 Å². The first-order valence-electron chi connectivity index (χ1n) is 11.0. The molecule has 0 unspecified atom stereocenters. The summed E-state index contributed by atoms with van der Waals surface area (Å²) in [7, 11) is 0. The Kier molecular flexibility index (Phi) is 5.70. The van der Waals surface area contributed by atoms with Crippen LogP contribution in [0.5, 0.6) is 0 Å². The number of nitrogens with zero attached hydrogens (tertiary/aromatic N) is 5. The average Bonchev–Trinajstić information content (AvgIpc) is 3.33. The molecule has 1 aliphatic heterocycles. The number of aliphatic imine (C=N–C) groups is 2. The second-order valence-electron chi connectivity index (χ2n) is 7.90. The molecule has 6 heteroatoms. The van der Waals surface area contributed by atoms with Crippen LogP contribution in [0.15, 0.2) is 107 Å². The fraction of sp³-hybridized carbons (Fsp3) is 0.0714. The van der Waals surface area contributed by atoms with Gasteiger partial charge in [0.15, 0.2) is 5.82 Å². The van der Waals surface area contributed by atoms with E-state index in [0.29, 0.717) is 17.4 Å². The van der Waals surface area contributed by atoms with Gasteiger partial charge in [0.2, 0.25) is 0 Å². The zero-order valence-electron chi connectivity index (χ0n) is 19.0. The van der Waals surface area contributed by atoms with Crippen LogP contribution in [0, 0.1) is 6.92 Å². The zero-order valence-corrected chi connectivity index (χ0v) is 19.0. The molecule has 5 rings (SSSR count). The number of rotatable bonds is 5. The number of hydrogen-bond acceptors (Lipinski definition) is 4. The van der Waals surface area contributed by atoms with Crippen LogP contribution in [0.2, 0.25) is 0 Å². The van der Waals surface area contributed by atoms with Crippen molar-refractivity contribution >= 4 is 35.5 Å². The Labute approximate surface area is 198 Å². The maximum absolute atomic E-state index is 13.6. The molecule has 34 heavy (non-hydrogen) atoms. The fourth-order valence-electron chi connectivity index (χ4n) is 3.88. The largest absolute Gasteiger partial charge is 0.283 e. The van der Waals surface area contributed by atoms with E-state index in [4.69, 9.17) is 5.10 Å². The van der Waals surface area contributed by atoms with Gasteiger partial charge in [0, 0.05) is 6.21 Å². The highest BCUT2D eigenvalue weighted by atomic mass is 16.2.